The SMILES string of the molecule is CC(C)[C@@H](NC(=O)[C@@H]1CCC2(CCNC(=O)N2)C1)C(=O)N1CC[C@](O)(c2ccc(Cl)cc2)C(C)(C)C1. The number of nitrogens with one attached hydrogen (secondary N) is 3. The standard InChI is InChI=1S/C27H39ClN4O4/c1-17(2)21(30-22(33)18-9-10-26(15-18)11-13-29-24(35)31-26)23(34)32-14-12-27(36,25(3,4)16-32)19-5-7-20(28)8-6-19/h5-8,17-18,21,36H,9-16H2,1-4H3,(H,30,33)(H2,29,31,35)/t18-,21-,26?,27+/m1/s1. The van der Waals surface area contributed by atoms with E-state index in [-0.39, 0.29) is 35.2 Å². The number of carbonyl (C=O) groups is 3. The van der Waals surface area contributed by atoms with E-state index in [2.05, 4.69) is 16.0 Å². The van der Waals surface area contributed by atoms with Crippen LogP contribution in [-0.4, -0.2) is 59.1 Å². The number of nitrogens with zero attached hydrogens (tertiary/aromatic N) is 1. The first-order valence-corrected chi connectivity index (χ1v) is 13.4. The van der Waals surface area contributed by atoms with Gasteiger partial charge in [-0.3, -0.25) is 9.59 Å². The molecule has 3 aliphatic rings. The van der Waals surface area contributed by atoms with E-state index in [9.17, 15) is 19.5 Å². The molecule has 4 rings (SSSR count). The summed E-state index contributed by atoms with van der Waals surface area (Å²) in [5.74, 6) is -0.561. The van der Waals surface area contributed by atoms with Gasteiger partial charge in [0, 0.05) is 41.5 Å². The Balaban J connectivity index is 1.42. The van der Waals surface area contributed by atoms with Gasteiger partial charge in [-0.15, -0.1) is 0 Å². The van der Waals surface area contributed by atoms with E-state index in [1.165, 1.54) is 0 Å². The average molecular weight is 519 g/mol. The Kier molecular flexibility index (Phi) is 7.32. The lowest BCUT2D eigenvalue weighted by Crippen LogP contribution is -2.61. The van der Waals surface area contributed by atoms with Gasteiger partial charge in [0.15, 0.2) is 0 Å². The Morgan fingerprint density at radius 2 is 1.86 bits per heavy atom. The van der Waals surface area contributed by atoms with Crippen molar-refractivity contribution in [2.24, 2.45) is 17.3 Å². The maximum Gasteiger partial charge on any atom is 0.315 e. The number of urea groups is 1. The van der Waals surface area contributed by atoms with Crippen LogP contribution in [0.4, 0.5) is 4.79 Å². The molecule has 1 unspecified atom stereocenters. The van der Waals surface area contributed by atoms with Gasteiger partial charge in [-0.1, -0.05) is 51.4 Å². The largest absolute Gasteiger partial charge is 0.384 e. The normalized spacial score (nSPS) is 30.6. The lowest BCUT2D eigenvalue weighted by molar-refractivity contribution is -0.157. The molecule has 1 saturated carbocycles. The zero-order chi connectivity index (χ0) is 26.3. The van der Waals surface area contributed by atoms with Crippen LogP contribution in [0.1, 0.15) is 65.4 Å². The third kappa shape index (κ3) is 5.07. The molecule has 3 fully saturated rings. The van der Waals surface area contributed by atoms with Crippen LogP contribution in [0.25, 0.3) is 0 Å². The second-order valence-corrected chi connectivity index (χ2v) is 12.3. The van der Waals surface area contributed by atoms with Crippen molar-refractivity contribution in [1.29, 1.82) is 0 Å². The summed E-state index contributed by atoms with van der Waals surface area (Å²) in [5, 5.41) is 21.1. The number of likely N-dealkylation sites (tertiary alicyclic amines) is 1. The smallest absolute Gasteiger partial charge is 0.315 e. The van der Waals surface area contributed by atoms with Gasteiger partial charge in [0.25, 0.3) is 0 Å². The minimum atomic E-state index is -1.09. The van der Waals surface area contributed by atoms with Crippen LogP contribution < -0.4 is 16.0 Å². The molecule has 1 aromatic rings. The Morgan fingerprint density at radius 3 is 2.47 bits per heavy atom. The molecule has 9 heteroatoms. The summed E-state index contributed by atoms with van der Waals surface area (Å²) in [4.78, 5) is 40.5. The van der Waals surface area contributed by atoms with E-state index in [0.29, 0.717) is 43.9 Å². The fourth-order valence-corrected chi connectivity index (χ4v) is 6.33. The van der Waals surface area contributed by atoms with Crippen molar-refractivity contribution in [2.45, 2.75) is 77.0 Å². The van der Waals surface area contributed by atoms with Crippen molar-refractivity contribution in [2.75, 3.05) is 19.6 Å². The molecule has 0 radical (unpaired) electrons. The predicted molar refractivity (Wildman–Crippen MR) is 138 cm³/mol. The maximum atomic E-state index is 13.7. The number of benzene rings is 1. The predicted octanol–water partition coefficient (Wildman–Crippen LogP) is 3.17. The maximum absolute atomic E-state index is 13.7. The number of hydrogen-bond donors (Lipinski definition) is 4. The molecule has 2 saturated heterocycles. The Bertz CT molecular complexity index is 1010. The summed E-state index contributed by atoms with van der Waals surface area (Å²) in [5.41, 5.74) is -1.24. The molecule has 4 N–H and O–H groups in total. The summed E-state index contributed by atoms with van der Waals surface area (Å²) in [6.45, 7) is 9.18. The average Bonchev–Trinajstić information content (AvgIpc) is 3.21. The van der Waals surface area contributed by atoms with E-state index < -0.39 is 17.1 Å². The number of carbonyl (C=O) groups excluding carboxylic acids is 3. The van der Waals surface area contributed by atoms with Gasteiger partial charge < -0.3 is 26.0 Å². The summed E-state index contributed by atoms with van der Waals surface area (Å²) in [6, 6.07) is 6.41. The molecule has 198 valence electrons. The molecule has 2 aliphatic heterocycles. The zero-order valence-corrected chi connectivity index (χ0v) is 22.5. The Hall–Kier alpha value is -2.32. The number of rotatable bonds is 5. The molecule has 4 amide bonds. The number of halogens is 1. The van der Waals surface area contributed by atoms with Crippen molar-refractivity contribution >= 4 is 29.4 Å². The fourth-order valence-electron chi connectivity index (χ4n) is 6.21. The lowest BCUT2D eigenvalue weighted by Gasteiger charge is -2.51. The number of amides is 4. The number of aliphatic hydroxyl groups is 1. The molecule has 1 aliphatic carbocycles. The third-order valence-electron chi connectivity index (χ3n) is 8.56. The minimum absolute atomic E-state index is 0.0874. The highest BCUT2D eigenvalue weighted by atomic mass is 35.5. The lowest BCUT2D eigenvalue weighted by atomic mass is 9.66. The van der Waals surface area contributed by atoms with Crippen LogP contribution in [0.3, 0.4) is 0 Å². The second kappa shape index (κ2) is 9.86. The van der Waals surface area contributed by atoms with Crippen molar-refractivity contribution in [3.05, 3.63) is 34.9 Å². The second-order valence-electron chi connectivity index (χ2n) is 11.8. The fraction of sp³-hybridized carbons (Fsp3) is 0.667. The molecule has 2 heterocycles. The van der Waals surface area contributed by atoms with E-state index in [0.717, 1.165) is 18.4 Å². The van der Waals surface area contributed by atoms with Crippen LogP contribution >= 0.6 is 11.6 Å². The van der Waals surface area contributed by atoms with Gasteiger partial charge in [-0.25, -0.2) is 4.79 Å². The first kappa shape index (κ1) is 26.7. The first-order chi connectivity index (χ1) is 16.9. The van der Waals surface area contributed by atoms with Crippen LogP contribution in [0, 0.1) is 17.3 Å². The third-order valence-corrected chi connectivity index (χ3v) is 8.81. The molecular weight excluding hydrogens is 480 g/mol. The van der Waals surface area contributed by atoms with Crippen LogP contribution in [-0.2, 0) is 15.2 Å². The van der Waals surface area contributed by atoms with Crippen molar-refractivity contribution in [1.82, 2.24) is 20.9 Å². The quantitative estimate of drug-likeness (QED) is 0.479. The molecule has 4 atom stereocenters. The summed E-state index contributed by atoms with van der Waals surface area (Å²) in [6.07, 6.45) is 3.24. The van der Waals surface area contributed by atoms with E-state index in [1.54, 1.807) is 17.0 Å². The Morgan fingerprint density at radius 1 is 1.17 bits per heavy atom. The van der Waals surface area contributed by atoms with Crippen LogP contribution in [0.15, 0.2) is 24.3 Å². The zero-order valence-electron chi connectivity index (χ0n) is 21.7. The van der Waals surface area contributed by atoms with Crippen LogP contribution in [0.2, 0.25) is 5.02 Å². The van der Waals surface area contributed by atoms with E-state index in [1.807, 2.05) is 39.8 Å². The highest BCUT2D eigenvalue weighted by Crippen LogP contribution is 2.46. The summed E-state index contributed by atoms with van der Waals surface area (Å²) >= 11 is 6.04. The highest BCUT2D eigenvalue weighted by Gasteiger charge is 2.51. The topological polar surface area (TPSA) is 111 Å². The van der Waals surface area contributed by atoms with Gasteiger partial charge in [-0.05, 0) is 55.7 Å². The number of piperidine rings is 1. The van der Waals surface area contributed by atoms with E-state index >= 15 is 0 Å². The van der Waals surface area contributed by atoms with E-state index in [4.69, 9.17) is 11.6 Å². The van der Waals surface area contributed by atoms with Crippen LogP contribution in [0.5, 0.6) is 0 Å². The molecule has 8 nitrogen and oxygen atoms in total. The molecule has 36 heavy (non-hydrogen) atoms. The van der Waals surface area contributed by atoms with Gasteiger partial charge >= 0.3 is 6.03 Å². The first-order valence-electron chi connectivity index (χ1n) is 13.0. The van der Waals surface area contributed by atoms with Gasteiger partial charge in [0.2, 0.25) is 11.8 Å². The molecule has 0 aromatic heterocycles. The molecule has 0 bridgehead atoms. The van der Waals surface area contributed by atoms with Crippen molar-refractivity contribution in [3.63, 3.8) is 0 Å². The van der Waals surface area contributed by atoms with Gasteiger partial charge in [0.05, 0.1) is 5.60 Å². The van der Waals surface area contributed by atoms with Crippen molar-refractivity contribution < 1.29 is 19.5 Å². The highest BCUT2D eigenvalue weighted by molar-refractivity contribution is 6.30. The van der Waals surface area contributed by atoms with Gasteiger partial charge in [-0.2, -0.15) is 0 Å². The molecule has 1 aromatic carbocycles. The molecule has 1 spiro atoms. The summed E-state index contributed by atoms with van der Waals surface area (Å²) in [7, 11) is 0. The molecular formula is C27H39ClN4O4. The number of hydrogen-bond acceptors (Lipinski definition) is 4. The minimum Gasteiger partial charge on any atom is -0.384 e. The Labute approximate surface area is 218 Å². The summed E-state index contributed by atoms with van der Waals surface area (Å²) < 4.78 is 0. The van der Waals surface area contributed by atoms with Crippen molar-refractivity contribution in [3.8, 4) is 0 Å². The monoisotopic (exact) mass is 518 g/mol. The van der Waals surface area contributed by atoms with Gasteiger partial charge in [0.1, 0.15) is 6.04 Å².